The maximum absolute atomic E-state index is 5.25. The Labute approximate surface area is 136 Å². The van der Waals surface area contributed by atoms with Gasteiger partial charge in [0.1, 0.15) is 5.75 Å². The van der Waals surface area contributed by atoms with Gasteiger partial charge in [-0.25, -0.2) is 0 Å². The Balaban J connectivity index is 1.83. The van der Waals surface area contributed by atoms with Crippen LogP contribution in [0, 0.1) is 0 Å². The Hall–Kier alpha value is -1.85. The highest BCUT2D eigenvalue weighted by Crippen LogP contribution is 2.48. The predicted molar refractivity (Wildman–Crippen MR) is 95.1 cm³/mol. The van der Waals surface area contributed by atoms with E-state index in [4.69, 9.17) is 4.74 Å². The number of anilines is 3. The molecule has 2 aromatic rings. The van der Waals surface area contributed by atoms with Crippen LogP contribution in [0.2, 0.25) is 0 Å². The fraction of sp³-hybridized carbons (Fsp3) is 0.294. The number of benzene rings is 2. The van der Waals surface area contributed by atoms with E-state index in [0.29, 0.717) is 0 Å². The van der Waals surface area contributed by atoms with Gasteiger partial charge >= 0.3 is 0 Å². The van der Waals surface area contributed by atoms with Crippen molar-refractivity contribution in [3.8, 4) is 5.75 Å². The van der Waals surface area contributed by atoms with E-state index in [1.165, 1.54) is 11.4 Å². The first-order valence-electron chi connectivity index (χ1n) is 7.47. The highest BCUT2D eigenvalue weighted by Gasteiger charge is 2.27. The summed E-state index contributed by atoms with van der Waals surface area (Å²) in [5.41, 5.74) is 3.68. The van der Waals surface area contributed by atoms with Crippen molar-refractivity contribution in [2.75, 3.05) is 35.9 Å². The summed E-state index contributed by atoms with van der Waals surface area (Å²) >= 11 is 1.75. The molecule has 0 aromatic heterocycles. The second-order valence-corrected chi connectivity index (χ2v) is 6.09. The highest BCUT2D eigenvalue weighted by atomic mass is 32.2. The average molecular weight is 315 g/mol. The molecule has 0 saturated carbocycles. The van der Waals surface area contributed by atoms with Crippen LogP contribution in [-0.4, -0.2) is 27.2 Å². The number of nitrogens with zero attached hydrogens (tertiary/aromatic N) is 2. The van der Waals surface area contributed by atoms with Gasteiger partial charge in [0.2, 0.25) is 0 Å². The van der Waals surface area contributed by atoms with Gasteiger partial charge in [-0.1, -0.05) is 12.1 Å². The first-order valence-corrected chi connectivity index (χ1v) is 8.20. The minimum Gasteiger partial charge on any atom is -0.497 e. The number of fused-ring (bicyclic) bond motifs is 1. The maximum atomic E-state index is 5.25. The van der Waals surface area contributed by atoms with Crippen molar-refractivity contribution in [2.24, 2.45) is 0 Å². The summed E-state index contributed by atoms with van der Waals surface area (Å²) in [7, 11) is 3.69. The summed E-state index contributed by atoms with van der Waals surface area (Å²) in [4.78, 5) is 0. The van der Waals surface area contributed by atoms with Crippen LogP contribution >= 0.6 is 12.1 Å². The molecule has 0 amide bonds. The number of hydrogen-bond acceptors (Lipinski definition) is 5. The Morgan fingerprint density at radius 3 is 2.45 bits per heavy atom. The van der Waals surface area contributed by atoms with E-state index in [9.17, 15) is 0 Å². The lowest BCUT2D eigenvalue weighted by Crippen LogP contribution is -2.19. The van der Waals surface area contributed by atoms with Crippen LogP contribution in [0.5, 0.6) is 5.75 Å². The largest absolute Gasteiger partial charge is 0.497 e. The Morgan fingerprint density at radius 2 is 1.77 bits per heavy atom. The number of hydrogen-bond donors (Lipinski definition) is 1. The third-order valence-electron chi connectivity index (χ3n) is 3.64. The Bertz CT molecular complexity index is 618. The minimum absolute atomic E-state index is 0.882. The molecule has 1 heterocycles. The molecule has 1 N–H and O–H groups in total. The fourth-order valence-electron chi connectivity index (χ4n) is 2.50. The summed E-state index contributed by atoms with van der Waals surface area (Å²) in [6.45, 7) is 2.05. The molecule has 2 aromatic carbocycles. The van der Waals surface area contributed by atoms with Gasteiger partial charge in [-0.05, 0) is 56.4 Å². The second kappa shape index (κ2) is 6.94. The summed E-state index contributed by atoms with van der Waals surface area (Å²) in [5.74, 6) is 0.882. The minimum atomic E-state index is 0.882. The number of ether oxygens (including phenoxy) is 1. The molecule has 0 aliphatic carbocycles. The van der Waals surface area contributed by atoms with Crippen LogP contribution < -0.4 is 18.7 Å². The van der Waals surface area contributed by atoms with Crippen molar-refractivity contribution < 1.29 is 4.74 Å². The van der Waals surface area contributed by atoms with Crippen LogP contribution in [-0.2, 0) is 0 Å². The summed E-state index contributed by atoms with van der Waals surface area (Å²) in [6.07, 6.45) is 1.12. The molecule has 0 spiro atoms. The average Bonchev–Trinajstić information content (AvgIpc) is 2.94. The molecular weight excluding hydrogens is 294 g/mol. The normalized spacial score (nSPS) is 13.4. The molecular formula is C17H21N3OS. The van der Waals surface area contributed by atoms with Crippen molar-refractivity contribution >= 4 is 29.2 Å². The van der Waals surface area contributed by atoms with Crippen molar-refractivity contribution in [2.45, 2.75) is 6.42 Å². The van der Waals surface area contributed by atoms with Gasteiger partial charge in [-0.2, -0.15) is 0 Å². The van der Waals surface area contributed by atoms with Crippen LogP contribution in [0.15, 0.2) is 48.5 Å². The van der Waals surface area contributed by atoms with Crippen molar-refractivity contribution in [3.05, 3.63) is 48.5 Å². The fourth-order valence-corrected chi connectivity index (χ4v) is 3.61. The molecule has 116 valence electrons. The van der Waals surface area contributed by atoms with Crippen molar-refractivity contribution in [1.82, 2.24) is 5.32 Å². The van der Waals surface area contributed by atoms with Gasteiger partial charge in [0, 0.05) is 6.54 Å². The molecule has 0 bridgehead atoms. The van der Waals surface area contributed by atoms with E-state index < -0.39 is 0 Å². The van der Waals surface area contributed by atoms with Gasteiger partial charge in [0.05, 0.1) is 36.3 Å². The van der Waals surface area contributed by atoms with Gasteiger partial charge in [0.25, 0.3) is 0 Å². The molecule has 4 nitrogen and oxygen atoms in total. The van der Waals surface area contributed by atoms with Gasteiger partial charge in [-0.15, -0.1) is 0 Å². The molecule has 22 heavy (non-hydrogen) atoms. The summed E-state index contributed by atoms with van der Waals surface area (Å²) < 4.78 is 9.88. The zero-order chi connectivity index (χ0) is 15.4. The zero-order valence-corrected chi connectivity index (χ0v) is 13.8. The quantitative estimate of drug-likeness (QED) is 0.646. The highest BCUT2D eigenvalue weighted by molar-refractivity contribution is 8.02. The van der Waals surface area contributed by atoms with E-state index in [2.05, 4.69) is 50.3 Å². The lowest BCUT2D eigenvalue weighted by molar-refractivity contribution is 0.415. The van der Waals surface area contributed by atoms with E-state index in [-0.39, 0.29) is 0 Å². The molecule has 0 saturated heterocycles. The lowest BCUT2D eigenvalue weighted by Gasteiger charge is -2.19. The summed E-state index contributed by atoms with van der Waals surface area (Å²) in [5, 5.41) is 3.21. The van der Waals surface area contributed by atoms with E-state index in [1.54, 1.807) is 19.2 Å². The number of rotatable bonds is 6. The van der Waals surface area contributed by atoms with Crippen LogP contribution in [0.4, 0.5) is 17.1 Å². The Morgan fingerprint density at radius 1 is 1.05 bits per heavy atom. The third-order valence-corrected chi connectivity index (χ3v) is 4.79. The van der Waals surface area contributed by atoms with E-state index >= 15 is 0 Å². The van der Waals surface area contributed by atoms with E-state index in [0.717, 1.165) is 30.9 Å². The molecule has 1 aliphatic rings. The standard InChI is InChI=1S/C17H21N3OS/c1-18-12-5-13-19-16-6-3-4-7-17(16)20(22-19)14-8-10-15(21-2)11-9-14/h3-4,6-11,18H,5,12-13H2,1-2H3. The topological polar surface area (TPSA) is 27.7 Å². The van der Waals surface area contributed by atoms with Crippen LogP contribution in [0.3, 0.4) is 0 Å². The zero-order valence-electron chi connectivity index (χ0n) is 13.0. The molecule has 3 rings (SSSR count). The lowest BCUT2D eigenvalue weighted by atomic mass is 10.2. The van der Waals surface area contributed by atoms with Crippen LogP contribution in [0.25, 0.3) is 0 Å². The maximum Gasteiger partial charge on any atom is 0.119 e. The molecule has 0 radical (unpaired) electrons. The van der Waals surface area contributed by atoms with Gasteiger partial charge in [0.15, 0.2) is 0 Å². The summed E-state index contributed by atoms with van der Waals surface area (Å²) in [6, 6.07) is 16.7. The SMILES string of the molecule is CNCCCN1SN(c2ccc(OC)cc2)c2ccccc21. The number of para-hydroxylation sites is 2. The third kappa shape index (κ3) is 3.00. The molecule has 0 atom stereocenters. The Kier molecular flexibility index (Phi) is 4.75. The monoisotopic (exact) mass is 315 g/mol. The molecule has 5 heteroatoms. The molecule has 0 fully saturated rings. The van der Waals surface area contributed by atoms with Gasteiger partial charge in [-0.3, -0.25) is 8.61 Å². The first kappa shape index (κ1) is 15.1. The number of nitrogens with one attached hydrogen (secondary N) is 1. The molecule has 1 aliphatic heterocycles. The van der Waals surface area contributed by atoms with Crippen LogP contribution in [0.1, 0.15) is 6.42 Å². The van der Waals surface area contributed by atoms with Crippen molar-refractivity contribution in [3.63, 3.8) is 0 Å². The predicted octanol–water partition coefficient (Wildman–Crippen LogP) is 3.83. The second-order valence-electron chi connectivity index (χ2n) is 5.12. The first-order chi connectivity index (χ1) is 10.8. The van der Waals surface area contributed by atoms with Crippen molar-refractivity contribution in [1.29, 1.82) is 0 Å². The molecule has 0 unspecified atom stereocenters. The smallest absolute Gasteiger partial charge is 0.119 e. The van der Waals surface area contributed by atoms with E-state index in [1.807, 2.05) is 19.2 Å². The number of methoxy groups -OCH3 is 1. The van der Waals surface area contributed by atoms with Gasteiger partial charge < -0.3 is 10.1 Å².